The Labute approximate surface area is 112 Å². The fourth-order valence-electron chi connectivity index (χ4n) is 1.49. The van der Waals surface area contributed by atoms with E-state index >= 15 is 0 Å². The van der Waals surface area contributed by atoms with E-state index < -0.39 is 12.4 Å². The summed E-state index contributed by atoms with van der Waals surface area (Å²) in [5, 5.41) is 8.69. The van der Waals surface area contributed by atoms with Gasteiger partial charge in [-0.3, -0.25) is 4.98 Å². The summed E-state index contributed by atoms with van der Waals surface area (Å²) in [7, 11) is 0. The van der Waals surface area contributed by atoms with Crippen molar-refractivity contribution in [1.29, 1.82) is 5.26 Å². The molecule has 0 aliphatic heterocycles. The van der Waals surface area contributed by atoms with E-state index in [0.29, 0.717) is 5.56 Å². The lowest BCUT2D eigenvalue weighted by Gasteiger charge is -2.15. The first-order chi connectivity index (χ1) is 9.49. The maximum atomic E-state index is 12.6. The third kappa shape index (κ3) is 3.48. The predicted molar refractivity (Wildman–Crippen MR) is 66.2 cm³/mol. The molecular formula is C12H8BF3N3O-. The van der Waals surface area contributed by atoms with Crippen LogP contribution in [-0.2, 0) is 6.61 Å². The Morgan fingerprint density at radius 1 is 1.25 bits per heavy atom. The molecule has 0 fully saturated rings. The Hall–Kier alpha value is -2.56. The van der Waals surface area contributed by atoms with Crippen LogP contribution >= 0.6 is 0 Å². The molecule has 0 spiro atoms. The van der Waals surface area contributed by atoms with E-state index in [1.54, 1.807) is 6.07 Å². The lowest BCUT2D eigenvalue weighted by molar-refractivity contribution is 0.305. The van der Waals surface area contributed by atoms with Crippen molar-refractivity contribution in [2.24, 2.45) is 0 Å². The highest BCUT2D eigenvalue weighted by atomic mass is 19.4. The van der Waals surface area contributed by atoms with Gasteiger partial charge in [-0.25, -0.2) is 4.98 Å². The number of ether oxygens (including phenoxy) is 1. The molecule has 0 N–H and O–H groups in total. The smallest absolute Gasteiger partial charge is 0.487 e. The third-order valence-corrected chi connectivity index (χ3v) is 2.46. The molecule has 0 atom stereocenters. The number of aromatic nitrogens is 2. The topological polar surface area (TPSA) is 58.8 Å². The molecule has 2 rings (SSSR count). The van der Waals surface area contributed by atoms with Crippen LogP contribution in [0.3, 0.4) is 0 Å². The number of hydrogen-bond donors (Lipinski definition) is 0. The zero-order chi connectivity index (χ0) is 14.6. The molecule has 20 heavy (non-hydrogen) atoms. The van der Waals surface area contributed by atoms with E-state index in [4.69, 9.17) is 10.00 Å². The highest BCUT2D eigenvalue weighted by molar-refractivity contribution is 6.73. The molecule has 0 saturated carbocycles. The molecule has 0 aromatic carbocycles. The molecule has 8 heteroatoms. The second kappa shape index (κ2) is 5.61. The molecular weight excluding hydrogens is 270 g/mol. The number of pyridine rings is 2. The molecule has 0 unspecified atom stereocenters. The second-order valence-electron chi connectivity index (χ2n) is 3.98. The largest absolute Gasteiger partial charge is 0.511 e. The first-order valence-electron chi connectivity index (χ1n) is 5.62. The van der Waals surface area contributed by atoms with Crippen LogP contribution in [0.25, 0.3) is 0 Å². The second-order valence-corrected chi connectivity index (χ2v) is 3.98. The minimum Gasteiger partial charge on any atom is -0.487 e. The van der Waals surface area contributed by atoms with Crippen LogP contribution in [0.4, 0.5) is 12.9 Å². The minimum atomic E-state index is -5.10. The Bertz CT molecular complexity index is 655. The van der Waals surface area contributed by atoms with Crippen LogP contribution in [-0.4, -0.2) is 16.9 Å². The zero-order valence-electron chi connectivity index (χ0n) is 10.1. The van der Waals surface area contributed by atoms with E-state index in [-0.39, 0.29) is 18.1 Å². The van der Waals surface area contributed by atoms with Crippen LogP contribution < -0.4 is 10.2 Å². The Kier molecular flexibility index (Phi) is 3.89. The van der Waals surface area contributed by atoms with E-state index in [0.717, 1.165) is 12.3 Å². The van der Waals surface area contributed by atoms with Crippen molar-refractivity contribution in [3.8, 4) is 11.8 Å². The number of halogens is 3. The monoisotopic (exact) mass is 278 g/mol. The zero-order valence-corrected chi connectivity index (χ0v) is 10.1. The first kappa shape index (κ1) is 13.9. The first-order valence-corrected chi connectivity index (χ1v) is 5.62. The fourth-order valence-corrected chi connectivity index (χ4v) is 1.49. The maximum absolute atomic E-state index is 12.6. The van der Waals surface area contributed by atoms with Gasteiger partial charge >= 0.3 is 6.98 Å². The molecule has 2 heterocycles. The summed E-state index contributed by atoms with van der Waals surface area (Å²) >= 11 is 0. The molecule has 2 aromatic rings. The average molecular weight is 278 g/mol. The minimum absolute atomic E-state index is 0.0250. The van der Waals surface area contributed by atoms with Crippen LogP contribution in [0.2, 0.25) is 0 Å². The molecule has 0 saturated heterocycles. The summed E-state index contributed by atoms with van der Waals surface area (Å²) in [5.74, 6) is 0.0250. The van der Waals surface area contributed by atoms with Crippen LogP contribution in [0.5, 0.6) is 5.75 Å². The van der Waals surface area contributed by atoms with Gasteiger partial charge in [0.1, 0.15) is 24.1 Å². The molecule has 102 valence electrons. The van der Waals surface area contributed by atoms with Gasteiger partial charge in [0, 0.05) is 12.4 Å². The van der Waals surface area contributed by atoms with Gasteiger partial charge in [-0.1, -0.05) is 5.46 Å². The van der Waals surface area contributed by atoms with Crippen molar-refractivity contribution in [3.05, 3.63) is 48.0 Å². The Morgan fingerprint density at radius 3 is 2.75 bits per heavy atom. The van der Waals surface area contributed by atoms with Gasteiger partial charge < -0.3 is 17.7 Å². The summed E-state index contributed by atoms with van der Waals surface area (Å²) in [6.07, 6.45) is 3.40. The standard InChI is InChI=1S/C12H8BF3N3O/c14-13(15,16)10-4-12(7-18-6-10)20-8-9-1-2-19-11(3-9)5-17/h1-4,6-7H,8H2/q-1. The van der Waals surface area contributed by atoms with E-state index in [1.807, 2.05) is 6.07 Å². The highest BCUT2D eigenvalue weighted by Gasteiger charge is 2.26. The third-order valence-electron chi connectivity index (χ3n) is 2.46. The number of nitrogens with zero attached hydrogens (tertiary/aromatic N) is 3. The van der Waals surface area contributed by atoms with Crippen molar-refractivity contribution in [2.45, 2.75) is 6.61 Å². The summed E-state index contributed by atoms with van der Waals surface area (Å²) in [4.78, 5) is 7.29. The molecule has 4 nitrogen and oxygen atoms in total. The number of nitriles is 1. The van der Waals surface area contributed by atoms with Crippen molar-refractivity contribution in [2.75, 3.05) is 0 Å². The Morgan fingerprint density at radius 2 is 2.05 bits per heavy atom. The highest BCUT2D eigenvalue weighted by Crippen LogP contribution is 2.14. The van der Waals surface area contributed by atoms with Gasteiger partial charge in [0.15, 0.2) is 0 Å². The van der Waals surface area contributed by atoms with E-state index in [1.165, 1.54) is 18.5 Å². The van der Waals surface area contributed by atoms with Gasteiger partial charge in [-0.15, -0.1) is 0 Å². The molecule has 0 amide bonds. The number of hydrogen-bond acceptors (Lipinski definition) is 4. The molecule has 0 aliphatic rings. The van der Waals surface area contributed by atoms with E-state index in [2.05, 4.69) is 9.97 Å². The Balaban J connectivity index is 2.09. The van der Waals surface area contributed by atoms with Crippen molar-refractivity contribution < 1.29 is 17.7 Å². The normalized spacial score (nSPS) is 10.9. The lowest BCUT2D eigenvalue weighted by Crippen LogP contribution is -2.34. The van der Waals surface area contributed by atoms with Gasteiger partial charge in [0.2, 0.25) is 0 Å². The quantitative estimate of drug-likeness (QED) is 0.802. The number of rotatable bonds is 4. The summed E-state index contributed by atoms with van der Waals surface area (Å²) < 4.78 is 42.9. The van der Waals surface area contributed by atoms with Gasteiger partial charge in [0.05, 0.1) is 6.20 Å². The maximum Gasteiger partial charge on any atom is 0.511 e. The summed E-state index contributed by atoms with van der Waals surface area (Å²) in [6.45, 7) is -5.07. The van der Waals surface area contributed by atoms with Crippen molar-refractivity contribution in [1.82, 2.24) is 9.97 Å². The summed E-state index contributed by atoms with van der Waals surface area (Å²) in [5.41, 5.74) is 0.0472. The van der Waals surface area contributed by atoms with Crippen molar-refractivity contribution in [3.63, 3.8) is 0 Å². The van der Waals surface area contributed by atoms with E-state index in [9.17, 15) is 12.9 Å². The molecule has 0 radical (unpaired) electrons. The molecule has 0 aliphatic carbocycles. The van der Waals surface area contributed by atoms with Gasteiger partial charge in [-0.05, 0) is 23.8 Å². The average Bonchev–Trinajstić information content (AvgIpc) is 2.45. The molecule has 2 aromatic heterocycles. The van der Waals surface area contributed by atoms with Crippen LogP contribution in [0.1, 0.15) is 11.3 Å². The van der Waals surface area contributed by atoms with Crippen molar-refractivity contribution >= 4 is 12.4 Å². The summed E-state index contributed by atoms with van der Waals surface area (Å²) in [6, 6.07) is 5.89. The molecule has 0 bridgehead atoms. The lowest BCUT2D eigenvalue weighted by atomic mass is 9.81. The predicted octanol–water partition coefficient (Wildman–Crippen LogP) is 1.98. The fraction of sp³-hybridized carbons (Fsp3) is 0.0833. The SMILES string of the molecule is N#Cc1cc(COc2cncc([B-](F)(F)F)c2)ccn1. The van der Waals surface area contributed by atoms with Crippen LogP contribution in [0.15, 0.2) is 36.8 Å². The van der Waals surface area contributed by atoms with Gasteiger partial charge in [-0.2, -0.15) is 5.26 Å². The van der Waals surface area contributed by atoms with Gasteiger partial charge in [0.25, 0.3) is 0 Å². The van der Waals surface area contributed by atoms with Crippen LogP contribution in [0, 0.1) is 11.3 Å².